The molecule has 7 heteroatoms. The lowest BCUT2D eigenvalue weighted by Gasteiger charge is -2.28. The summed E-state index contributed by atoms with van der Waals surface area (Å²) in [6.07, 6.45) is -3.65. The summed E-state index contributed by atoms with van der Waals surface area (Å²) in [4.78, 5) is 16.0. The standard InChI is InChI=1S/C19H18F3NO3/c1-3-26-17(24)18(25,19(20,21)22)15-9-10-16(13(2)11-15)23-12-14-7-5-4-6-8-14/h4-12,25H,3H2,1-2H3. The van der Waals surface area contributed by atoms with E-state index < -0.39 is 23.3 Å². The number of aliphatic imine (C=N–C) groups is 1. The van der Waals surface area contributed by atoms with Crippen molar-refractivity contribution in [3.63, 3.8) is 0 Å². The molecule has 0 heterocycles. The Morgan fingerprint density at radius 1 is 1.19 bits per heavy atom. The number of aryl methyl sites for hydroxylation is 1. The number of aliphatic hydroxyl groups is 1. The van der Waals surface area contributed by atoms with Crippen LogP contribution in [0, 0.1) is 6.92 Å². The van der Waals surface area contributed by atoms with Gasteiger partial charge in [-0.15, -0.1) is 0 Å². The van der Waals surface area contributed by atoms with E-state index in [1.165, 1.54) is 13.0 Å². The average molecular weight is 365 g/mol. The third-order valence-corrected chi connectivity index (χ3v) is 3.75. The third kappa shape index (κ3) is 3.94. The van der Waals surface area contributed by atoms with Crippen LogP contribution >= 0.6 is 0 Å². The van der Waals surface area contributed by atoms with Crippen LogP contribution in [0.3, 0.4) is 0 Å². The highest BCUT2D eigenvalue weighted by Crippen LogP contribution is 2.41. The Kier molecular flexibility index (Phi) is 5.82. The normalized spacial score (nSPS) is 14.2. The fourth-order valence-corrected chi connectivity index (χ4v) is 2.34. The third-order valence-electron chi connectivity index (χ3n) is 3.75. The predicted octanol–water partition coefficient (Wildman–Crippen LogP) is 4.06. The topological polar surface area (TPSA) is 58.9 Å². The molecule has 4 nitrogen and oxygen atoms in total. The minimum Gasteiger partial charge on any atom is -0.463 e. The van der Waals surface area contributed by atoms with Gasteiger partial charge in [0, 0.05) is 11.8 Å². The zero-order valence-corrected chi connectivity index (χ0v) is 14.2. The highest BCUT2D eigenvalue weighted by Gasteiger charge is 2.62. The molecule has 0 spiro atoms. The molecule has 138 valence electrons. The molecule has 2 aromatic carbocycles. The molecule has 0 bridgehead atoms. The first-order chi connectivity index (χ1) is 12.2. The van der Waals surface area contributed by atoms with E-state index in [1.54, 1.807) is 13.1 Å². The fraction of sp³-hybridized carbons (Fsp3) is 0.263. The number of benzene rings is 2. The quantitative estimate of drug-likeness (QED) is 0.642. The second kappa shape index (κ2) is 7.70. The average Bonchev–Trinajstić information content (AvgIpc) is 2.60. The van der Waals surface area contributed by atoms with Gasteiger partial charge < -0.3 is 9.84 Å². The van der Waals surface area contributed by atoms with Crippen molar-refractivity contribution >= 4 is 17.9 Å². The maximum atomic E-state index is 13.4. The Morgan fingerprint density at radius 3 is 2.38 bits per heavy atom. The molecule has 0 aliphatic carbocycles. The zero-order chi connectivity index (χ0) is 19.4. The summed E-state index contributed by atoms with van der Waals surface area (Å²) in [5.41, 5.74) is -2.71. The number of rotatable bonds is 5. The first-order valence-corrected chi connectivity index (χ1v) is 7.86. The minimum absolute atomic E-state index is 0.282. The van der Waals surface area contributed by atoms with Gasteiger partial charge in [0.15, 0.2) is 0 Å². The van der Waals surface area contributed by atoms with E-state index in [-0.39, 0.29) is 6.61 Å². The smallest absolute Gasteiger partial charge is 0.432 e. The van der Waals surface area contributed by atoms with Gasteiger partial charge in [-0.1, -0.05) is 42.5 Å². The van der Waals surface area contributed by atoms with Crippen LogP contribution in [0.25, 0.3) is 0 Å². The van der Waals surface area contributed by atoms with Crippen LogP contribution in [-0.4, -0.2) is 30.1 Å². The summed E-state index contributed by atoms with van der Waals surface area (Å²) < 4.78 is 44.6. The number of hydrogen-bond donors (Lipinski definition) is 1. The molecule has 0 amide bonds. The van der Waals surface area contributed by atoms with Crippen LogP contribution < -0.4 is 0 Å². The van der Waals surface area contributed by atoms with Gasteiger partial charge in [0.25, 0.3) is 5.60 Å². The number of alkyl halides is 3. The summed E-state index contributed by atoms with van der Waals surface area (Å²) in [5, 5.41) is 10.1. The maximum absolute atomic E-state index is 13.4. The van der Waals surface area contributed by atoms with Crippen molar-refractivity contribution in [3.05, 3.63) is 65.2 Å². The summed E-state index contributed by atoms with van der Waals surface area (Å²) in [6.45, 7) is 2.63. The largest absolute Gasteiger partial charge is 0.463 e. The molecular formula is C19H18F3NO3. The Morgan fingerprint density at radius 2 is 1.85 bits per heavy atom. The highest BCUT2D eigenvalue weighted by atomic mass is 19.4. The minimum atomic E-state index is -5.22. The zero-order valence-electron chi connectivity index (χ0n) is 14.2. The van der Waals surface area contributed by atoms with Gasteiger partial charge in [0.1, 0.15) is 0 Å². The molecule has 0 aromatic heterocycles. The molecule has 0 saturated heterocycles. The molecule has 1 N–H and O–H groups in total. The Balaban J connectivity index is 2.40. The van der Waals surface area contributed by atoms with Crippen molar-refractivity contribution in [2.45, 2.75) is 25.6 Å². The van der Waals surface area contributed by atoms with E-state index >= 15 is 0 Å². The first-order valence-electron chi connectivity index (χ1n) is 7.86. The van der Waals surface area contributed by atoms with Crippen molar-refractivity contribution in [3.8, 4) is 0 Å². The van der Waals surface area contributed by atoms with E-state index in [0.29, 0.717) is 11.3 Å². The van der Waals surface area contributed by atoms with Gasteiger partial charge in [-0.2, -0.15) is 13.2 Å². The molecule has 0 saturated carbocycles. The van der Waals surface area contributed by atoms with Crippen LogP contribution in [0.2, 0.25) is 0 Å². The molecule has 0 radical (unpaired) electrons. The van der Waals surface area contributed by atoms with E-state index in [2.05, 4.69) is 9.73 Å². The summed E-state index contributed by atoms with van der Waals surface area (Å²) in [6, 6.07) is 12.6. The lowest BCUT2D eigenvalue weighted by molar-refractivity contribution is -0.267. The maximum Gasteiger partial charge on any atom is 0.432 e. The number of carbonyl (C=O) groups is 1. The number of halogens is 3. The molecule has 1 unspecified atom stereocenters. The molecule has 26 heavy (non-hydrogen) atoms. The monoisotopic (exact) mass is 365 g/mol. The SMILES string of the molecule is CCOC(=O)C(O)(c1ccc(N=Cc2ccccc2)c(C)c1)C(F)(F)F. The molecule has 2 aromatic rings. The highest BCUT2D eigenvalue weighted by molar-refractivity contribution is 5.84. The van der Waals surface area contributed by atoms with Crippen molar-refractivity contribution in [1.29, 1.82) is 0 Å². The lowest BCUT2D eigenvalue weighted by atomic mass is 9.91. The molecule has 1 atom stereocenters. The van der Waals surface area contributed by atoms with Crippen LogP contribution in [0.1, 0.15) is 23.6 Å². The molecule has 2 rings (SSSR count). The van der Waals surface area contributed by atoms with Gasteiger partial charge in [-0.05, 0) is 31.0 Å². The summed E-state index contributed by atoms with van der Waals surface area (Å²) in [5.74, 6) is -1.76. The fourth-order valence-electron chi connectivity index (χ4n) is 2.34. The van der Waals surface area contributed by atoms with Crippen LogP contribution in [-0.2, 0) is 15.1 Å². The van der Waals surface area contributed by atoms with Gasteiger partial charge >= 0.3 is 12.1 Å². The van der Waals surface area contributed by atoms with Gasteiger partial charge in [0.2, 0.25) is 0 Å². The first kappa shape index (κ1) is 19.7. The second-order valence-electron chi connectivity index (χ2n) is 5.60. The number of ether oxygens (including phenoxy) is 1. The van der Waals surface area contributed by atoms with E-state index in [0.717, 1.165) is 17.7 Å². The molecular weight excluding hydrogens is 347 g/mol. The number of esters is 1. The van der Waals surface area contributed by atoms with E-state index in [4.69, 9.17) is 0 Å². The van der Waals surface area contributed by atoms with Crippen molar-refractivity contribution in [1.82, 2.24) is 0 Å². The van der Waals surface area contributed by atoms with Crippen molar-refractivity contribution in [2.24, 2.45) is 4.99 Å². The summed E-state index contributed by atoms with van der Waals surface area (Å²) >= 11 is 0. The van der Waals surface area contributed by atoms with Gasteiger partial charge in [0.05, 0.1) is 12.3 Å². The van der Waals surface area contributed by atoms with E-state index in [1.807, 2.05) is 30.3 Å². The number of carbonyl (C=O) groups excluding carboxylic acids is 1. The van der Waals surface area contributed by atoms with Crippen LogP contribution in [0.4, 0.5) is 18.9 Å². The van der Waals surface area contributed by atoms with Gasteiger partial charge in [-0.3, -0.25) is 4.99 Å². The molecule has 0 aliphatic rings. The van der Waals surface area contributed by atoms with Crippen molar-refractivity contribution < 1.29 is 27.8 Å². The second-order valence-corrected chi connectivity index (χ2v) is 5.60. The van der Waals surface area contributed by atoms with Crippen molar-refractivity contribution in [2.75, 3.05) is 6.61 Å². The Hall–Kier alpha value is -2.67. The van der Waals surface area contributed by atoms with Crippen LogP contribution in [0.5, 0.6) is 0 Å². The van der Waals surface area contributed by atoms with E-state index in [9.17, 15) is 23.1 Å². The molecule has 0 aliphatic heterocycles. The number of hydrogen-bond acceptors (Lipinski definition) is 4. The molecule has 0 fully saturated rings. The predicted molar refractivity (Wildman–Crippen MR) is 91.5 cm³/mol. The van der Waals surface area contributed by atoms with Gasteiger partial charge in [-0.25, -0.2) is 4.79 Å². The Bertz CT molecular complexity index is 803. The summed E-state index contributed by atoms with van der Waals surface area (Å²) in [7, 11) is 0. The lowest BCUT2D eigenvalue weighted by Crippen LogP contribution is -2.50. The Labute approximate surface area is 149 Å². The number of nitrogens with zero attached hydrogens (tertiary/aromatic N) is 1. The van der Waals surface area contributed by atoms with Crippen LogP contribution in [0.15, 0.2) is 53.5 Å².